The molecule has 2 aliphatic heterocycles. The van der Waals surface area contributed by atoms with E-state index in [0.29, 0.717) is 25.3 Å². The summed E-state index contributed by atoms with van der Waals surface area (Å²) in [4.78, 5) is 27.8. The summed E-state index contributed by atoms with van der Waals surface area (Å²) >= 11 is 0. The van der Waals surface area contributed by atoms with Crippen LogP contribution < -0.4 is 0 Å². The second-order valence-electron chi connectivity index (χ2n) is 7.37. The number of carbonyl (C=O) groups is 2. The molecule has 11 heteroatoms. The molecular weight excluding hydrogens is 389 g/mol. The maximum absolute atomic E-state index is 12.7. The van der Waals surface area contributed by atoms with Crippen molar-refractivity contribution in [2.45, 2.75) is 19.1 Å². The van der Waals surface area contributed by atoms with Crippen molar-refractivity contribution in [2.75, 3.05) is 26.2 Å². The number of fused-ring (bicyclic) bond motifs is 1. The fourth-order valence-electron chi connectivity index (χ4n) is 3.97. The Morgan fingerprint density at radius 2 is 1.72 bits per heavy atom. The zero-order chi connectivity index (χ0) is 20.6. The van der Waals surface area contributed by atoms with Gasteiger partial charge in [-0.3, -0.25) is 9.59 Å². The number of amides is 2. The molecule has 0 spiro atoms. The molecule has 2 fully saturated rings. The molecule has 0 bridgehead atoms. The minimum atomic E-state index is -4.86. The second kappa shape index (κ2) is 7.45. The van der Waals surface area contributed by atoms with E-state index in [1.807, 2.05) is 30.3 Å². The molecule has 2 amide bonds. The van der Waals surface area contributed by atoms with Crippen LogP contribution in [0.5, 0.6) is 0 Å². The predicted molar refractivity (Wildman–Crippen MR) is 94.1 cm³/mol. The van der Waals surface area contributed by atoms with Crippen molar-refractivity contribution in [3.63, 3.8) is 0 Å². The monoisotopic (exact) mass is 408 g/mol. The van der Waals surface area contributed by atoms with Crippen molar-refractivity contribution in [1.82, 2.24) is 30.0 Å². The number of rotatable bonds is 3. The number of nitrogens with zero attached hydrogens (tertiary/aromatic N) is 6. The van der Waals surface area contributed by atoms with Gasteiger partial charge in [0.25, 0.3) is 0 Å². The maximum atomic E-state index is 12.7. The summed E-state index contributed by atoms with van der Waals surface area (Å²) in [6.07, 6.45) is -4.30. The van der Waals surface area contributed by atoms with Gasteiger partial charge in [-0.15, -0.1) is 10.2 Å². The number of hydrogen-bond donors (Lipinski definition) is 0. The van der Waals surface area contributed by atoms with Gasteiger partial charge in [0.05, 0.1) is 0 Å². The first-order chi connectivity index (χ1) is 13.8. The first-order valence-corrected chi connectivity index (χ1v) is 9.28. The molecule has 8 nitrogen and oxygen atoms in total. The van der Waals surface area contributed by atoms with Crippen molar-refractivity contribution in [2.24, 2.45) is 11.8 Å². The third kappa shape index (κ3) is 4.08. The molecule has 4 rings (SSSR count). The quantitative estimate of drug-likeness (QED) is 0.762. The van der Waals surface area contributed by atoms with Crippen LogP contribution in [0.2, 0.25) is 0 Å². The maximum Gasteiger partial charge on any atom is 0.471 e. The molecule has 1 aromatic heterocycles. The van der Waals surface area contributed by atoms with Crippen LogP contribution >= 0.6 is 0 Å². The van der Waals surface area contributed by atoms with Gasteiger partial charge in [0, 0.05) is 31.7 Å². The predicted octanol–water partition coefficient (Wildman–Crippen LogP) is 1.21. The SMILES string of the molecule is O=C(Cn1nnc(-c2ccccc2)n1)N1CCC2CN(C(=O)C(F)(F)F)CC2C1. The Bertz CT molecular complexity index is 901. The number of tetrazole rings is 1. The molecule has 0 aliphatic carbocycles. The largest absolute Gasteiger partial charge is 0.471 e. The zero-order valence-electron chi connectivity index (χ0n) is 15.4. The van der Waals surface area contributed by atoms with E-state index in [-0.39, 0.29) is 37.4 Å². The fourth-order valence-corrected chi connectivity index (χ4v) is 3.97. The average Bonchev–Trinajstić information content (AvgIpc) is 3.33. The van der Waals surface area contributed by atoms with Crippen LogP contribution in [-0.2, 0) is 16.1 Å². The number of likely N-dealkylation sites (tertiary alicyclic amines) is 2. The third-order valence-electron chi connectivity index (χ3n) is 5.45. The molecule has 29 heavy (non-hydrogen) atoms. The standard InChI is InChI=1S/C18H19F3N6O2/c19-18(20,21)17(29)26-8-13-6-7-25(9-14(13)10-26)15(28)11-27-23-16(22-24-27)12-4-2-1-3-5-12/h1-5,13-14H,6-11H2. The molecule has 154 valence electrons. The highest BCUT2D eigenvalue weighted by molar-refractivity contribution is 5.82. The number of aromatic nitrogens is 4. The van der Waals surface area contributed by atoms with Gasteiger partial charge in [-0.25, -0.2) is 0 Å². The number of hydrogen-bond acceptors (Lipinski definition) is 5. The van der Waals surface area contributed by atoms with E-state index in [1.165, 1.54) is 4.80 Å². The van der Waals surface area contributed by atoms with Gasteiger partial charge in [0.2, 0.25) is 11.7 Å². The molecule has 2 unspecified atom stereocenters. The number of piperidine rings is 1. The minimum Gasteiger partial charge on any atom is -0.341 e. The highest BCUT2D eigenvalue weighted by atomic mass is 19.4. The van der Waals surface area contributed by atoms with Gasteiger partial charge in [-0.1, -0.05) is 30.3 Å². The Morgan fingerprint density at radius 3 is 2.45 bits per heavy atom. The Kier molecular flexibility index (Phi) is 4.97. The molecule has 0 N–H and O–H groups in total. The lowest BCUT2D eigenvalue weighted by molar-refractivity contribution is -0.184. The molecule has 1 aromatic carbocycles. The fraction of sp³-hybridized carbons (Fsp3) is 0.500. The van der Waals surface area contributed by atoms with Crippen LogP contribution in [-0.4, -0.2) is 74.2 Å². The molecule has 2 atom stereocenters. The van der Waals surface area contributed by atoms with E-state index < -0.39 is 12.1 Å². The minimum absolute atomic E-state index is 0.0143. The molecule has 2 aromatic rings. The molecule has 0 saturated carbocycles. The van der Waals surface area contributed by atoms with E-state index in [0.717, 1.165) is 10.5 Å². The van der Waals surface area contributed by atoms with E-state index in [4.69, 9.17) is 0 Å². The van der Waals surface area contributed by atoms with E-state index in [9.17, 15) is 22.8 Å². The molecule has 3 heterocycles. The van der Waals surface area contributed by atoms with E-state index in [2.05, 4.69) is 15.4 Å². The summed E-state index contributed by atoms with van der Waals surface area (Å²) in [5.41, 5.74) is 0.785. The summed E-state index contributed by atoms with van der Waals surface area (Å²) < 4.78 is 38.0. The van der Waals surface area contributed by atoms with Crippen molar-refractivity contribution >= 4 is 11.8 Å². The van der Waals surface area contributed by atoms with Gasteiger partial charge >= 0.3 is 12.1 Å². The third-order valence-corrected chi connectivity index (χ3v) is 5.45. The van der Waals surface area contributed by atoms with Crippen LogP contribution in [0.1, 0.15) is 6.42 Å². The lowest BCUT2D eigenvalue weighted by atomic mass is 9.89. The number of carbonyl (C=O) groups excluding carboxylic acids is 2. The molecular formula is C18H19F3N6O2. The van der Waals surface area contributed by atoms with Crippen LogP contribution in [0.3, 0.4) is 0 Å². The summed E-state index contributed by atoms with van der Waals surface area (Å²) in [6, 6.07) is 9.23. The Morgan fingerprint density at radius 1 is 1.03 bits per heavy atom. The van der Waals surface area contributed by atoms with Crippen LogP contribution in [0, 0.1) is 11.8 Å². The first-order valence-electron chi connectivity index (χ1n) is 9.28. The van der Waals surface area contributed by atoms with Crippen LogP contribution in [0.15, 0.2) is 30.3 Å². The summed E-state index contributed by atoms with van der Waals surface area (Å²) in [5, 5.41) is 12.1. The second-order valence-corrected chi connectivity index (χ2v) is 7.37. The average molecular weight is 408 g/mol. The van der Waals surface area contributed by atoms with Gasteiger partial charge in [-0.05, 0) is 23.5 Å². The highest BCUT2D eigenvalue weighted by Gasteiger charge is 2.48. The number of benzene rings is 1. The normalized spacial score (nSPS) is 21.9. The van der Waals surface area contributed by atoms with Gasteiger partial charge in [0.1, 0.15) is 6.54 Å². The van der Waals surface area contributed by atoms with Crippen molar-refractivity contribution in [1.29, 1.82) is 0 Å². The van der Waals surface area contributed by atoms with Crippen LogP contribution in [0.4, 0.5) is 13.2 Å². The smallest absolute Gasteiger partial charge is 0.341 e. The molecule has 0 radical (unpaired) electrons. The first kappa shape index (κ1) is 19.3. The van der Waals surface area contributed by atoms with Gasteiger partial charge in [-0.2, -0.15) is 18.0 Å². The summed E-state index contributed by atoms with van der Waals surface area (Å²) in [5.74, 6) is -1.78. The summed E-state index contributed by atoms with van der Waals surface area (Å²) in [6.45, 7) is 0.782. The molecule has 2 saturated heterocycles. The lowest BCUT2D eigenvalue weighted by Crippen LogP contribution is -2.45. The van der Waals surface area contributed by atoms with Gasteiger partial charge < -0.3 is 9.80 Å². The zero-order valence-corrected chi connectivity index (χ0v) is 15.4. The Balaban J connectivity index is 1.35. The van der Waals surface area contributed by atoms with E-state index in [1.54, 1.807) is 4.90 Å². The summed E-state index contributed by atoms with van der Waals surface area (Å²) in [7, 11) is 0. The Labute approximate surface area is 164 Å². The highest BCUT2D eigenvalue weighted by Crippen LogP contribution is 2.33. The van der Waals surface area contributed by atoms with E-state index >= 15 is 0 Å². The van der Waals surface area contributed by atoms with Crippen LogP contribution in [0.25, 0.3) is 11.4 Å². The van der Waals surface area contributed by atoms with Crippen molar-refractivity contribution < 1.29 is 22.8 Å². The van der Waals surface area contributed by atoms with Crippen molar-refractivity contribution in [3.05, 3.63) is 30.3 Å². The number of halogens is 3. The topological polar surface area (TPSA) is 84.2 Å². The lowest BCUT2D eigenvalue weighted by Gasteiger charge is -2.34. The number of alkyl halides is 3. The molecule has 2 aliphatic rings. The van der Waals surface area contributed by atoms with Gasteiger partial charge in [0.15, 0.2) is 0 Å². The van der Waals surface area contributed by atoms with Crippen molar-refractivity contribution in [3.8, 4) is 11.4 Å². The Hall–Kier alpha value is -2.98.